The summed E-state index contributed by atoms with van der Waals surface area (Å²) in [5.41, 5.74) is 11.8. The first-order valence-corrected chi connectivity index (χ1v) is 20.3. The van der Waals surface area contributed by atoms with Crippen molar-refractivity contribution in [3.63, 3.8) is 0 Å². The number of nitrogens with zero attached hydrogens (tertiary/aromatic N) is 4. The molecule has 1 aliphatic carbocycles. The molecule has 280 valence electrons. The van der Waals surface area contributed by atoms with Gasteiger partial charge >= 0.3 is 198 Å². The van der Waals surface area contributed by atoms with Crippen molar-refractivity contribution in [1.82, 2.24) is 18.7 Å². The number of hydrogen-bond donors (Lipinski definition) is 0. The zero-order chi connectivity index (χ0) is 41.2. The zero-order valence-electron chi connectivity index (χ0n) is 34.1. The fourth-order valence-corrected chi connectivity index (χ4v) is 10.3. The molecule has 58 heavy (non-hydrogen) atoms. The van der Waals surface area contributed by atoms with E-state index in [1.54, 1.807) is 0 Å². The normalized spacial score (nSPS) is 14.4. The van der Waals surface area contributed by atoms with Crippen molar-refractivity contribution in [3.8, 4) is 45.6 Å². The van der Waals surface area contributed by atoms with E-state index in [-0.39, 0.29) is 0 Å². The Morgan fingerprint density at radius 1 is 0.586 bits per heavy atom. The fourth-order valence-electron chi connectivity index (χ4n) is 9.48. The van der Waals surface area contributed by atoms with Crippen molar-refractivity contribution >= 4 is 32.8 Å². The molecule has 0 radical (unpaired) electrons. The summed E-state index contributed by atoms with van der Waals surface area (Å²) in [4.78, 5) is 4.96. The number of para-hydroxylation sites is 4. The molecule has 0 amide bonds. The third-order valence-electron chi connectivity index (χ3n) is 11.9. The van der Waals surface area contributed by atoms with Crippen molar-refractivity contribution in [1.29, 1.82) is 0 Å². The van der Waals surface area contributed by atoms with E-state index in [9.17, 15) is 0 Å². The van der Waals surface area contributed by atoms with E-state index < -0.39 is 12.4 Å². The Labute approximate surface area is 349 Å². The average Bonchev–Trinajstić information content (AvgIpc) is 3.86. The summed E-state index contributed by atoms with van der Waals surface area (Å²) in [5.74, 6) is 3.80. The van der Waals surface area contributed by atoms with Gasteiger partial charge in [0.2, 0.25) is 0 Å². The van der Waals surface area contributed by atoms with Crippen molar-refractivity contribution in [2.75, 3.05) is 0 Å². The number of fused-ring (bicyclic) bond motifs is 13. The Hall–Kier alpha value is -6.75. The number of rotatable bonds is 4. The van der Waals surface area contributed by atoms with E-state index in [1.807, 2.05) is 83.6 Å². The summed E-state index contributed by atoms with van der Waals surface area (Å²) in [7, 11) is 0. The standard InChI is InChI=1S/C51H34N4O2.Pt/c1-32-24-25-52-50(26-32)55-46-28-35(56-34-13-11-12-33(27-34)54-31-53(2)44-18-7-8-19-45(44)54)22-23-37(46)39-29-38-36-14-3-4-15-40(36)51(43(38)30-47(39)55)41-16-5-9-20-48(41)57-49-21-10-6-17-42(49)51;/h3-30H,1-2H3;/i2D3;. The number of benzene rings is 7. The van der Waals surface area contributed by atoms with E-state index in [4.69, 9.17) is 18.6 Å². The summed E-state index contributed by atoms with van der Waals surface area (Å²) in [5, 5.41) is 2.19. The average molecular weight is 933 g/mol. The maximum atomic E-state index is 8.28. The maximum absolute atomic E-state index is 8.28. The number of aromatic nitrogens is 4. The predicted octanol–water partition coefficient (Wildman–Crippen LogP) is 12.1. The van der Waals surface area contributed by atoms with E-state index in [2.05, 4.69) is 122 Å². The van der Waals surface area contributed by atoms with Gasteiger partial charge in [0.25, 0.3) is 0 Å². The summed E-state index contributed by atoms with van der Waals surface area (Å²) < 4.78 is 44.3. The van der Waals surface area contributed by atoms with E-state index in [0.717, 1.165) is 67.0 Å². The molecule has 1 spiro atoms. The Bertz CT molecular complexity index is 3500. The van der Waals surface area contributed by atoms with Gasteiger partial charge in [-0.15, -0.1) is 0 Å². The molecule has 4 heterocycles. The first kappa shape index (κ1) is 30.4. The van der Waals surface area contributed by atoms with Crippen LogP contribution in [0.25, 0.3) is 55.5 Å². The van der Waals surface area contributed by atoms with Crippen LogP contribution in [0.4, 0.5) is 0 Å². The van der Waals surface area contributed by atoms with Crippen LogP contribution in [-0.2, 0) is 31.7 Å². The Morgan fingerprint density at radius 2 is 1.29 bits per heavy atom. The van der Waals surface area contributed by atoms with Gasteiger partial charge in [0, 0.05) is 17.3 Å². The van der Waals surface area contributed by atoms with Crippen molar-refractivity contribution in [2.45, 2.75) is 12.3 Å². The Kier molecular flexibility index (Phi) is 6.48. The van der Waals surface area contributed by atoms with E-state index >= 15 is 0 Å². The van der Waals surface area contributed by atoms with Crippen molar-refractivity contribution in [2.24, 2.45) is 6.98 Å². The van der Waals surface area contributed by atoms with Crippen LogP contribution < -0.4 is 9.47 Å². The molecule has 0 bridgehead atoms. The second-order valence-corrected chi connectivity index (χ2v) is 16.0. The molecule has 0 atom stereocenters. The molecular weight excluding hydrogens is 896 g/mol. The van der Waals surface area contributed by atoms with Gasteiger partial charge in [-0.3, -0.25) is 0 Å². The summed E-state index contributed by atoms with van der Waals surface area (Å²) in [6.45, 7) is -0.255. The molecule has 0 unspecified atom stereocenters. The van der Waals surface area contributed by atoms with E-state index in [0.29, 0.717) is 20.8 Å². The molecule has 0 fully saturated rings. The molecular formula is C51H34N4O2Pt. The third kappa shape index (κ3) is 4.58. The van der Waals surface area contributed by atoms with Crippen LogP contribution in [0.2, 0.25) is 0 Å². The van der Waals surface area contributed by atoms with Crippen LogP contribution in [0, 0.1) is 10.7 Å². The second-order valence-electron chi connectivity index (χ2n) is 15.0. The first-order valence-electron chi connectivity index (χ1n) is 20.7. The molecule has 7 heteroatoms. The van der Waals surface area contributed by atoms with Crippen LogP contribution in [-0.4, -0.2) is 18.7 Å². The Balaban J connectivity index is 1.07. The van der Waals surface area contributed by atoms with Crippen LogP contribution >= 0.6 is 0 Å². The molecule has 0 N–H and O–H groups in total. The fraction of sp³-hybridized carbons (Fsp3) is 0.0588. The number of hydrogen-bond acceptors (Lipinski definition) is 3. The number of pyridine rings is 1. The van der Waals surface area contributed by atoms with Gasteiger partial charge in [0.1, 0.15) is 11.5 Å². The van der Waals surface area contributed by atoms with Gasteiger partial charge in [0.05, 0.1) is 5.41 Å². The number of aryl methyl sites for hydroxylation is 2. The predicted molar refractivity (Wildman–Crippen MR) is 226 cm³/mol. The molecule has 3 aromatic heterocycles. The SMILES string of the molecule is [2H]C([2H])([2H])n1[c](=[Pt])n(-c2cccc(Oc3ccc4c5cc6c(cc5n(-c5cc(C)ccn5)c4c3)C3(c4ccccc4Oc4ccccc43)c3ccccc3-6)c2)c2ccccc21. The third-order valence-corrected chi connectivity index (χ3v) is 12.9. The van der Waals surface area contributed by atoms with Gasteiger partial charge in [-0.05, 0) is 52.9 Å². The molecule has 7 aromatic carbocycles. The number of imidazole rings is 1. The van der Waals surface area contributed by atoms with Gasteiger partial charge < -0.3 is 4.74 Å². The molecule has 10 aromatic rings. The second kappa shape index (κ2) is 12.4. The van der Waals surface area contributed by atoms with Gasteiger partial charge in [0.15, 0.2) is 0 Å². The van der Waals surface area contributed by atoms with Crippen LogP contribution in [0.15, 0.2) is 170 Å². The van der Waals surface area contributed by atoms with E-state index in [1.165, 1.54) is 26.8 Å². The number of ether oxygens (including phenoxy) is 2. The summed E-state index contributed by atoms with van der Waals surface area (Å²) >= 11 is 2.10. The topological polar surface area (TPSA) is 46.1 Å². The quantitative estimate of drug-likeness (QED) is 0.177. The van der Waals surface area contributed by atoms with Crippen LogP contribution in [0.3, 0.4) is 0 Å². The summed E-state index contributed by atoms with van der Waals surface area (Å²) in [6.07, 6.45) is 1.87. The molecule has 0 saturated heterocycles. The van der Waals surface area contributed by atoms with Gasteiger partial charge in [-0.1, -0.05) is 60.7 Å². The van der Waals surface area contributed by atoms with Crippen LogP contribution in [0.5, 0.6) is 23.0 Å². The van der Waals surface area contributed by atoms with Crippen LogP contribution in [0.1, 0.15) is 31.9 Å². The minimum absolute atomic E-state index is 0.568. The Morgan fingerprint density at radius 3 is 2.09 bits per heavy atom. The zero-order valence-corrected chi connectivity index (χ0v) is 33.4. The molecule has 1 aliphatic heterocycles. The van der Waals surface area contributed by atoms with Gasteiger partial charge in [-0.25, -0.2) is 0 Å². The monoisotopic (exact) mass is 932 g/mol. The molecule has 0 saturated carbocycles. The summed E-state index contributed by atoms with van der Waals surface area (Å²) in [6, 6.07) is 56.2. The minimum atomic E-state index is -2.35. The molecule has 2 aliphatic rings. The first-order chi connectivity index (χ1) is 29.7. The van der Waals surface area contributed by atoms with Gasteiger partial charge in [-0.2, -0.15) is 0 Å². The van der Waals surface area contributed by atoms with Crippen molar-refractivity contribution < 1.29 is 32.9 Å². The molecule has 12 rings (SSSR count). The molecule has 6 nitrogen and oxygen atoms in total. The van der Waals surface area contributed by atoms with Crippen molar-refractivity contribution in [3.05, 3.63) is 202 Å².